The van der Waals surface area contributed by atoms with Crippen molar-refractivity contribution < 1.29 is 13.9 Å². The fourth-order valence-corrected chi connectivity index (χ4v) is 4.42. The van der Waals surface area contributed by atoms with Gasteiger partial charge in [0.05, 0.1) is 22.6 Å². The minimum absolute atomic E-state index is 0.0873. The second kappa shape index (κ2) is 8.41. The van der Waals surface area contributed by atoms with Gasteiger partial charge in [0.2, 0.25) is 0 Å². The van der Waals surface area contributed by atoms with Crippen LogP contribution in [0.5, 0.6) is 0 Å². The van der Waals surface area contributed by atoms with Crippen molar-refractivity contribution >= 4 is 28.4 Å². The van der Waals surface area contributed by atoms with E-state index in [4.69, 9.17) is 9.15 Å². The number of carbonyl (C=O) groups excluding carboxylic acids is 1. The highest BCUT2D eigenvalue weighted by molar-refractivity contribution is 5.84. The number of nitrogens with one attached hydrogen (secondary N) is 1. The monoisotopic (exact) mass is 475 g/mol. The Bertz CT molecular complexity index is 1500. The standard InChI is InChI=1S/C26H29N5O4/c1-15-12-31-14-21(29-23(31)16(2)27-15)20-10-17-6-7-18(11-22(17)34-24(20)32)28-19-8-9-30(13-19)25(33)35-26(3,4)5/h6-7,10-12,14,19,28H,8-9,13H2,1-5H3. The van der Waals surface area contributed by atoms with Gasteiger partial charge in [-0.05, 0) is 59.2 Å². The lowest BCUT2D eigenvalue weighted by molar-refractivity contribution is 0.0293. The molecule has 9 nitrogen and oxygen atoms in total. The molecule has 1 aliphatic heterocycles. The minimum atomic E-state index is -0.519. The number of nitrogens with zero attached hydrogens (tertiary/aromatic N) is 4. The van der Waals surface area contributed by atoms with Gasteiger partial charge in [-0.15, -0.1) is 0 Å². The van der Waals surface area contributed by atoms with Gasteiger partial charge in [0, 0.05) is 48.7 Å². The molecule has 1 aliphatic rings. The number of amides is 1. The van der Waals surface area contributed by atoms with E-state index in [1.54, 1.807) is 4.90 Å². The highest BCUT2D eigenvalue weighted by Gasteiger charge is 2.29. The van der Waals surface area contributed by atoms with Crippen LogP contribution in [-0.4, -0.2) is 50.1 Å². The number of anilines is 1. The number of aromatic nitrogens is 3. The van der Waals surface area contributed by atoms with Crippen molar-refractivity contribution in [3.63, 3.8) is 0 Å². The third-order valence-corrected chi connectivity index (χ3v) is 5.95. The molecule has 9 heteroatoms. The number of hydrogen-bond acceptors (Lipinski definition) is 7. The number of hydrogen-bond donors (Lipinski definition) is 1. The summed E-state index contributed by atoms with van der Waals surface area (Å²) >= 11 is 0. The molecule has 4 aromatic rings. The van der Waals surface area contributed by atoms with E-state index in [1.165, 1.54) is 0 Å². The van der Waals surface area contributed by atoms with Crippen LogP contribution in [0.25, 0.3) is 27.9 Å². The van der Waals surface area contributed by atoms with Gasteiger partial charge in [-0.25, -0.2) is 14.6 Å². The summed E-state index contributed by atoms with van der Waals surface area (Å²) in [4.78, 5) is 35.9. The van der Waals surface area contributed by atoms with Crippen molar-refractivity contribution in [1.29, 1.82) is 0 Å². The largest absolute Gasteiger partial charge is 0.444 e. The molecule has 182 valence electrons. The van der Waals surface area contributed by atoms with Crippen LogP contribution in [-0.2, 0) is 4.74 Å². The van der Waals surface area contributed by atoms with E-state index >= 15 is 0 Å². The van der Waals surface area contributed by atoms with Crippen molar-refractivity contribution in [2.24, 2.45) is 0 Å². The number of ether oxygens (including phenoxy) is 1. The van der Waals surface area contributed by atoms with Crippen molar-refractivity contribution in [2.45, 2.75) is 52.7 Å². The number of carbonyl (C=O) groups is 1. The van der Waals surface area contributed by atoms with Crippen molar-refractivity contribution in [1.82, 2.24) is 19.3 Å². The normalized spacial score (nSPS) is 16.3. The number of imidazole rings is 1. The van der Waals surface area contributed by atoms with E-state index in [1.807, 2.05) is 75.7 Å². The highest BCUT2D eigenvalue weighted by atomic mass is 16.6. The van der Waals surface area contributed by atoms with Crippen molar-refractivity contribution in [3.05, 3.63) is 58.5 Å². The van der Waals surface area contributed by atoms with Gasteiger partial charge in [-0.2, -0.15) is 0 Å². The third-order valence-electron chi connectivity index (χ3n) is 5.95. The number of fused-ring (bicyclic) bond motifs is 2. The Balaban J connectivity index is 1.36. The van der Waals surface area contributed by atoms with Gasteiger partial charge < -0.3 is 23.8 Å². The van der Waals surface area contributed by atoms with Crippen molar-refractivity contribution in [2.75, 3.05) is 18.4 Å². The van der Waals surface area contributed by atoms with Gasteiger partial charge in [0.15, 0.2) is 5.65 Å². The Morgan fingerprint density at radius 2 is 1.97 bits per heavy atom. The first-order chi connectivity index (χ1) is 16.6. The molecule has 1 saturated heterocycles. The molecule has 0 spiro atoms. The van der Waals surface area contributed by atoms with Crippen LogP contribution in [0.1, 0.15) is 38.6 Å². The van der Waals surface area contributed by atoms with Gasteiger partial charge >= 0.3 is 11.7 Å². The average molecular weight is 476 g/mol. The Morgan fingerprint density at radius 1 is 1.17 bits per heavy atom. The predicted molar refractivity (Wildman–Crippen MR) is 134 cm³/mol. The minimum Gasteiger partial charge on any atom is -0.444 e. The molecule has 1 aromatic carbocycles. The molecule has 1 fully saturated rings. The third kappa shape index (κ3) is 4.71. The summed E-state index contributed by atoms with van der Waals surface area (Å²) in [6.07, 6.45) is 4.21. The summed E-state index contributed by atoms with van der Waals surface area (Å²) in [6.45, 7) is 10.6. The molecule has 1 N–H and O–H groups in total. The van der Waals surface area contributed by atoms with Crippen LogP contribution >= 0.6 is 0 Å². The molecule has 0 bridgehead atoms. The molecule has 35 heavy (non-hydrogen) atoms. The lowest BCUT2D eigenvalue weighted by atomic mass is 10.1. The van der Waals surface area contributed by atoms with Gasteiger partial charge in [0.1, 0.15) is 11.2 Å². The van der Waals surface area contributed by atoms with Crippen molar-refractivity contribution in [3.8, 4) is 11.3 Å². The van der Waals surface area contributed by atoms with Crippen LogP contribution in [0.4, 0.5) is 10.5 Å². The highest BCUT2D eigenvalue weighted by Crippen LogP contribution is 2.25. The van der Waals surface area contributed by atoms with Crippen LogP contribution in [0, 0.1) is 13.8 Å². The van der Waals surface area contributed by atoms with Gasteiger partial charge in [0.25, 0.3) is 0 Å². The Labute approximate surface area is 202 Å². The molecule has 3 aromatic heterocycles. The Morgan fingerprint density at radius 3 is 2.74 bits per heavy atom. The topological polar surface area (TPSA) is 102 Å². The maximum Gasteiger partial charge on any atom is 0.410 e. The molecule has 1 amide bonds. The van der Waals surface area contributed by atoms with Crippen LogP contribution in [0.3, 0.4) is 0 Å². The van der Waals surface area contributed by atoms with E-state index < -0.39 is 11.2 Å². The van der Waals surface area contributed by atoms with E-state index in [0.717, 1.165) is 28.9 Å². The first-order valence-corrected chi connectivity index (χ1v) is 11.7. The molecule has 0 saturated carbocycles. The fraction of sp³-hybridized carbons (Fsp3) is 0.385. The summed E-state index contributed by atoms with van der Waals surface area (Å²) < 4.78 is 13.0. The summed E-state index contributed by atoms with van der Waals surface area (Å²) in [5, 5.41) is 4.24. The SMILES string of the molecule is Cc1cn2cc(-c3cc4ccc(NC5CCN(C(=O)OC(C)(C)C)C5)cc4oc3=O)nc2c(C)n1. The zero-order chi connectivity index (χ0) is 24.9. The maximum absolute atomic E-state index is 12.8. The van der Waals surface area contributed by atoms with Crippen LogP contribution < -0.4 is 10.9 Å². The molecule has 0 radical (unpaired) electrons. The van der Waals surface area contributed by atoms with E-state index in [0.29, 0.717) is 35.6 Å². The van der Waals surface area contributed by atoms with Gasteiger partial charge in [-0.3, -0.25) is 4.98 Å². The zero-order valence-corrected chi connectivity index (χ0v) is 20.6. The van der Waals surface area contributed by atoms with E-state index in [-0.39, 0.29) is 12.1 Å². The van der Waals surface area contributed by atoms with E-state index in [2.05, 4.69) is 15.3 Å². The molecule has 1 unspecified atom stereocenters. The van der Waals surface area contributed by atoms with E-state index in [9.17, 15) is 9.59 Å². The second-order valence-corrected chi connectivity index (χ2v) is 10.1. The Kier molecular flexibility index (Phi) is 5.50. The summed E-state index contributed by atoms with van der Waals surface area (Å²) in [6, 6.07) is 7.57. The number of benzene rings is 1. The predicted octanol–water partition coefficient (Wildman–Crippen LogP) is 4.54. The molecule has 4 heterocycles. The first kappa shape index (κ1) is 22.9. The quantitative estimate of drug-likeness (QED) is 0.434. The molecular formula is C26H29N5O4. The van der Waals surface area contributed by atoms with Crippen LogP contribution in [0.15, 0.2) is 45.9 Å². The number of rotatable bonds is 3. The number of aryl methyl sites for hydroxylation is 2. The lowest BCUT2D eigenvalue weighted by Crippen LogP contribution is -2.36. The smallest absolute Gasteiger partial charge is 0.410 e. The first-order valence-electron chi connectivity index (χ1n) is 11.7. The fourth-order valence-electron chi connectivity index (χ4n) is 4.42. The Hall–Kier alpha value is -3.88. The molecule has 5 rings (SSSR count). The second-order valence-electron chi connectivity index (χ2n) is 10.1. The lowest BCUT2D eigenvalue weighted by Gasteiger charge is -2.24. The molecule has 0 aliphatic carbocycles. The molecule has 1 atom stereocenters. The summed E-state index contributed by atoms with van der Waals surface area (Å²) in [5.41, 5.74) is 3.69. The zero-order valence-electron chi connectivity index (χ0n) is 20.6. The maximum atomic E-state index is 12.8. The number of likely N-dealkylation sites (tertiary alicyclic amines) is 1. The van der Waals surface area contributed by atoms with Gasteiger partial charge in [-0.1, -0.05) is 0 Å². The average Bonchev–Trinajstić information content (AvgIpc) is 3.39. The summed E-state index contributed by atoms with van der Waals surface area (Å²) in [5.74, 6) is 0. The van der Waals surface area contributed by atoms with Crippen LogP contribution in [0.2, 0.25) is 0 Å². The summed E-state index contributed by atoms with van der Waals surface area (Å²) in [7, 11) is 0. The molecular weight excluding hydrogens is 446 g/mol.